The van der Waals surface area contributed by atoms with Crippen LogP contribution in [0, 0.1) is 0 Å². The molecule has 2 aliphatic heterocycles. The number of ether oxygens (including phenoxy) is 2. The fraction of sp³-hybridized carbons (Fsp3) is 0.353. The van der Waals surface area contributed by atoms with Gasteiger partial charge in [0.25, 0.3) is 5.91 Å². The highest BCUT2D eigenvalue weighted by Crippen LogP contribution is 2.40. The molecule has 9 nitrogen and oxygen atoms in total. The van der Waals surface area contributed by atoms with Crippen molar-refractivity contribution >= 4 is 17.5 Å². The van der Waals surface area contributed by atoms with Gasteiger partial charge in [0.1, 0.15) is 24.7 Å². The number of piperazine rings is 2. The minimum Gasteiger partial charge on any atom is -0.488 e. The molecule has 6 rings (SSSR count). The fourth-order valence-corrected chi connectivity index (χ4v) is 5.10. The molecular weight excluding hydrogens is 578 g/mol. The summed E-state index contributed by atoms with van der Waals surface area (Å²) in [4.78, 5) is 19.3. The van der Waals surface area contributed by atoms with Crippen LogP contribution >= 0.6 is 11.6 Å². The molecule has 4 aromatic rings. The number of aromatic nitrogens is 1. The van der Waals surface area contributed by atoms with Crippen molar-refractivity contribution in [3.8, 4) is 22.8 Å². The Hall–Kier alpha value is -3.89. The summed E-state index contributed by atoms with van der Waals surface area (Å²) >= 11 is 6.62. The lowest BCUT2D eigenvalue weighted by atomic mass is 10.1. The van der Waals surface area contributed by atoms with E-state index < -0.39 is 0 Å². The zero-order valence-electron chi connectivity index (χ0n) is 25.4. The number of nitrogens with one attached hydrogen (secondary N) is 1. The topological polar surface area (TPSA) is 83.3 Å². The van der Waals surface area contributed by atoms with Gasteiger partial charge in [-0.15, -0.1) is 0 Å². The third-order valence-electron chi connectivity index (χ3n) is 7.63. The standard InChI is InChI=1S/C29H28ClN3O4.C5H12N2/c1-32-12-14-33(15-13-32)29(34)25-17-27(37-31-25)23-16-24(30)28(36-20-22-10-6-3-7-11-22)18-26(23)35-19-21-8-4-2-5-9-21;1-7-4-2-6-3-5-7/h2-11,16-18H,12-15,19-20H2,1H3;6H,2-5H2,1H3. The van der Waals surface area contributed by atoms with Crippen molar-refractivity contribution in [1.29, 1.82) is 0 Å². The molecule has 2 fully saturated rings. The van der Waals surface area contributed by atoms with E-state index in [2.05, 4.69) is 27.3 Å². The lowest BCUT2D eigenvalue weighted by Crippen LogP contribution is -2.47. The van der Waals surface area contributed by atoms with E-state index in [-0.39, 0.29) is 11.6 Å². The summed E-state index contributed by atoms with van der Waals surface area (Å²) in [6, 6.07) is 24.9. The second-order valence-corrected chi connectivity index (χ2v) is 11.5. The highest BCUT2D eigenvalue weighted by Gasteiger charge is 2.25. The van der Waals surface area contributed by atoms with Gasteiger partial charge in [-0.05, 0) is 31.3 Å². The van der Waals surface area contributed by atoms with Gasteiger partial charge in [0.05, 0.1) is 10.6 Å². The molecule has 44 heavy (non-hydrogen) atoms. The van der Waals surface area contributed by atoms with Crippen LogP contribution in [0.3, 0.4) is 0 Å². The van der Waals surface area contributed by atoms with Gasteiger partial charge >= 0.3 is 0 Å². The summed E-state index contributed by atoms with van der Waals surface area (Å²) in [5.74, 6) is 1.26. The largest absolute Gasteiger partial charge is 0.488 e. The third kappa shape index (κ3) is 8.83. The van der Waals surface area contributed by atoms with Gasteiger partial charge in [0, 0.05) is 64.5 Å². The molecule has 10 heteroatoms. The molecule has 1 amide bonds. The monoisotopic (exact) mass is 617 g/mol. The van der Waals surface area contributed by atoms with Crippen molar-refractivity contribution in [1.82, 2.24) is 25.2 Å². The Labute approximate surface area is 264 Å². The van der Waals surface area contributed by atoms with Crippen LogP contribution in [0.15, 0.2) is 83.4 Å². The summed E-state index contributed by atoms with van der Waals surface area (Å²) in [6.07, 6.45) is 0. The smallest absolute Gasteiger partial charge is 0.276 e. The SMILES string of the molecule is CN1CCN(C(=O)c2cc(-c3cc(Cl)c(OCc4ccccc4)cc3OCc3ccccc3)on2)CC1.CN1CCNCC1. The van der Waals surface area contributed by atoms with E-state index >= 15 is 0 Å². The number of rotatable bonds is 8. The summed E-state index contributed by atoms with van der Waals surface area (Å²) in [7, 11) is 4.20. The fourth-order valence-electron chi connectivity index (χ4n) is 4.88. The lowest BCUT2D eigenvalue weighted by molar-refractivity contribution is 0.0654. The molecule has 0 unspecified atom stereocenters. The second-order valence-electron chi connectivity index (χ2n) is 11.1. The number of carbonyl (C=O) groups is 1. The first-order chi connectivity index (χ1) is 21.5. The van der Waals surface area contributed by atoms with Crippen LogP contribution in [-0.2, 0) is 13.2 Å². The zero-order chi connectivity index (χ0) is 30.7. The quantitative estimate of drug-likeness (QED) is 0.294. The number of amides is 1. The number of nitrogens with zero attached hydrogens (tertiary/aromatic N) is 4. The van der Waals surface area contributed by atoms with Gasteiger partial charge in [0.2, 0.25) is 0 Å². The Balaban J connectivity index is 0.000000484. The highest BCUT2D eigenvalue weighted by atomic mass is 35.5. The molecule has 2 aliphatic rings. The van der Waals surface area contributed by atoms with Gasteiger partial charge in [-0.25, -0.2) is 0 Å². The Morgan fingerprint density at radius 1 is 0.795 bits per heavy atom. The molecule has 1 N–H and O–H groups in total. The first-order valence-electron chi connectivity index (χ1n) is 15.0. The number of likely N-dealkylation sites (N-methyl/N-ethyl adjacent to an activating group) is 2. The van der Waals surface area contributed by atoms with Crippen LogP contribution < -0.4 is 14.8 Å². The van der Waals surface area contributed by atoms with Crippen LogP contribution in [0.4, 0.5) is 0 Å². The first kappa shape index (κ1) is 31.5. The van der Waals surface area contributed by atoms with Crippen LogP contribution in [0.5, 0.6) is 11.5 Å². The summed E-state index contributed by atoms with van der Waals surface area (Å²) < 4.78 is 17.8. The predicted molar refractivity (Wildman–Crippen MR) is 172 cm³/mol. The maximum Gasteiger partial charge on any atom is 0.276 e. The molecule has 1 aromatic heterocycles. The predicted octanol–water partition coefficient (Wildman–Crippen LogP) is 5.06. The molecular formula is C34H40ClN5O4. The first-order valence-corrected chi connectivity index (χ1v) is 15.4. The van der Waals surface area contributed by atoms with E-state index in [0.717, 1.165) is 37.3 Å². The molecule has 0 bridgehead atoms. The number of benzene rings is 3. The number of carbonyl (C=O) groups excluding carboxylic acids is 1. The molecule has 2 saturated heterocycles. The average molecular weight is 618 g/mol. The molecule has 3 heterocycles. The molecule has 0 saturated carbocycles. The van der Waals surface area contributed by atoms with E-state index in [1.165, 1.54) is 13.1 Å². The molecule has 3 aromatic carbocycles. The average Bonchev–Trinajstić information content (AvgIpc) is 3.55. The minimum atomic E-state index is -0.149. The maximum absolute atomic E-state index is 13.0. The van der Waals surface area contributed by atoms with Crippen molar-refractivity contribution in [3.63, 3.8) is 0 Å². The van der Waals surface area contributed by atoms with Crippen LogP contribution in [0.1, 0.15) is 21.6 Å². The Morgan fingerprint density at radius 3 is 1.93 bits per heavy atom. The maximum atomic E-state index is 13.0. The molecule has 0 aliphatic carbocycles. The van der Waals surface area contributed by atoms with E-state index in [1.54, 1.807) is 23.1 Å². The number of hydrogen-bond acceptors (Lipinski definition) is 8. The number of hydrogen-bond donors (Lipinski definition) is 1. The Kier molecular flexibility index (Phi) is 11.3. The van der Waals surface area contributed by atoms with Gasteiger partial charge in [-0.2, -0.15) is 0 Å². The minimum absolute atomic E-state index is 0.149. The molecule has 232 valence electrons. The molecule has 0 atom stereocenters. The van der Waals surface area contributed by atoms with Gasteiger partial charge < -0.3 is 34.0 Å². The van der Waals surface area contributed by atoms with E-state index in [0.29, 0.717) is 54.1 Å². The Bertz CT molecular complexity index is 1470. The van der Waals surface area contributed by atoms with Crippen LogP contribution in [0.2, 0.25) is 5.02 Å². The molecule has 0 spiro atoms. The normalized spacial score (nSPS) is 15.8. The van der Waals surface area contributed by atoms with E-state index in [1.807, 2.05) is 67.7 Å². The second kappa shape index (κ2) is 15.7. The van der Waals surface area contributed by atoms with Gasteiger partial charge in [-0.1, -0.05) is 77.4 Å². The van der Waals surface area contributed by atoms with Crippen molar-refractivity contribution in [2.45, 2.75) is 13.2 Å². The van der Waals surface area contributed by atoms with Crippen LogP contribution in [-0.4, -0.2) is 92.2 Å². The van der Waals surface area contributed by atoms with Crippen molar-refractivity contribution in [2.75, 3.05) is 66.5 Å². The lowest BCUT2D eigenvalue weighted by Gasteiger charge is -2.31. The van der Waals surface area contributed by atoms with Gasteiger partial charge in [0.15, 0.2) is 11.5 Å². The van der Waals surface area contributed by atoms with Gasteiger partial charge in [-0.3, -0.25) is 4.79 Å². The Morgan fingerprint density at radius 2 is 1.36 bits per heavy atom. The van der Waals surface area contributed by atoms with E-state index in [9.17, 15) is 4.79 Å². The summed E-state index contributed by atoms with van der Waals surface area (Å²) in [6.45, 7) is 8.41. The van der Waals surface area contributed by atoms with Crippen molar-refractivity contribution in [3.05, 3.63) is 101 Å². The highest BCUT2D eigenvalue weighted by molar-refractivity contribution is 6.32. The van der Waals surface area contributed by atoms with Crippen LogP contribution in [0.25, 0.3) is 11.3 Å². The third-order valence-corrected chi connectivity index (χ3v) is 7.93. The summed E-state index contributed by atoms with van der Waals surface area (Å²) in [5.41, 5.74) is 2.89. The van der Waals surface area contributed by atoms with Crippen molar-refractivity contribution in [2.24, 2.45) is 0 Å². The molecule has 0 radical (unpaired) electrons. The van der Waals surface area contributed by atoms with E-state index in [4.69, 9.17) is 25.6 Å². The number of halogens is 1. The van der Waals surface area contributed by atoms with Crippen molar-refractivity contribution < 1.29 is 18.8 Å². The summed E-state index contributed by atoms with van der Waals surface area (Å²) in [5, 5.41) is 7.74. The zero-order valence-corrected chi connectivity index (χ0v) is 26.1.